The highest BCUT2D eigenvalue weighted by molar-refractivity contribution is 7.15. The lowest BCUT2D eigenvalue weighted by molar-refractivity contribution is -0.115. The third-order valence-electron chi connectivity index (χ3n) is 4.56. The summed E-state index contributed by atoms with van der Waals surface area (Å²) in [4.78, 5) is 21.3. The summed E-state index contributed by atoms with van der Waals surface area (Å²) in [6.07, 6.45) is 4.17. The Morgan fingerprint density at radius 3 is 2.89 bits per heavy atom. The van der Waals surface area contributed by atoms with Gasteiger partial charge in [-0.15, -0.1) is 11.3 Å². The van der Waals surface area contributed by atoms with Crippen LogP contribution in [-0.2, 0) is 11.2 Å². The zero-order chi connectivity index (χ0) is 18.2. The standard InChI is InChI=1S/C21H16N4OS/c26-20(23-18-8-4-7-17-16(18)9-10-22-17)11-15-13-27-21-24-19(12-25(15)21)14-5-2-1-3-6-14/h1-10,12-13,22H,11H2,(H,23,26). The maximum absolute atomic E-state index is 12.6. The molecule has 6 heteroatoms. The SMILES string of the molecule is O=C(Cc1csc2nc(-c3ccccc3)cn12)Nc1cccc2[nH]ccc12. The fourth-order valence-corrected chi connectivity index (χ4v) is 4.13. The van der Waals surface area contributed by atoms with Crippen LogP contribution < -0.4 is 5.32 Å². The first-order valence-electron chi connectivity index (χ1n) is 8.65. The van der Waals surface area contributed by atoms with E-state index in [1.165, 1.54) is 0 Å². The Morgan fingerprint density at radius 1 is 1.11 bits per heavy atom. The quantitative estimate of drug-likeness (QED) is 0.479. The molecule has 0 fully saturated rings. The second-order valence-electron chi connectivity index (χ2n) is 6.34. The minimum atomic E-state index is -0.0432. The van der Waals surface area contributed by atoms with E-state index < -0.39 is 0 Å². The fourth-order valence-electron chi connectivity index (χ4n) is 3.26. The van der Waals surface area contributed by atoms with Crippen LogP contribution >= 0.6 is 11.3 Å². The number of hydrogen-bond donors (Lipinski definition) is 2. The van der Waals surface area contributed by atoms with Crippen LogP contribution in [0.15, 0.2) is 72.4 Å². The lowest BCUT2D eigenvalue weighted by Gasteiger charge is -2.06. The zero-order valence-electron chi connectivity index (χ0n) is 14.3. The predicted octanol–water partition coefficient (Wildman–Crippen LogP) is 4.73. The number of aromatic amines is 1. The Hall–Kier alpha value is -3.38. The number of anilines is 1. The van der Waals surface area contributed by atoms with Gasteiger partial charge in [0.05, 0.1) is 17.8 Å². The molecule has 0 bridgehead atoms. The molecule has 5 aromatic rings. The topological polar surface area (TPSA) is 62.2 Å². The van der Waals surface area contributed by atoms with Crippen molar-refractivity contribution in [1.29, 1.82) is 0 Å². The summed E-state index contributed by atoms with van der Waals surface area (Å²) in [5, 5.41) is 6.03. The molecule has 5 rings (SSSR count). The molecule has 0 spiro atoms. The first-order chi connectivity index (χ1) is 13.3. The van der Waals surface area contributed by atoms with E-state index in [1.54, 1.807) is 11.3 Å². The maximum atomic E-state index is 12.6. The van der Waals surface area contributed by atoms with Gasteiger partial charge in [0.1, 0.15) is 0 Å². The molecule has 0 unspecified atom stereocenters. The second kappa shape index (κ2) is 6.41. The van der Waals surface area contributed by atoms with E-state index in [9.17, 15) is 4.79 Å². The van der Waals surface area contributed by atoms with E-state index in [4.69, 9.17) is 0 Å². The molecule has 0 radical (unpaired) electrons. The molecule has 2 aromatic carbocycles. The molecule has 0 aliphatic heterocycles. The average Bonchev–Trinajstić information content (AvgIpc) is 3.40. The van der Waals surface area contributed by atoms with Crippen molar-refractivity contribution in [2.24, 2.45) is 0 Å². The molecule has 0 aliphatic rings. The molecule has 1 amide bonds. The van der Waals surface area contributed by atoms with Crippen LogP contribution in [0.5, 0.6) is 0 Å². The van der Waals surface area contributed by atoms with Crippen molar-refractivity contribution < 1.29 is 4.79 Å². The zero-order valence-corrected chi connectivity index (χ0v) is 15.2. The number of nitrogens with zero attached hydrogens (tertiary/aromatic N) is 2. The van der Waals surface area contributed by atoms with Crippen molar-refractivity contribution >= 4 is 38.8 Å². The number of benzene rings is 2. The van der Waals surface area contributed by atoms with Gasteiger partial charge in [-0.2, -0.15) is 0 Å². The number of carbonyl (C=O) groups excluding carboxylic acids is 1. The number of hydrogen-bond acceptors (Lipinski definition) is 3. The van der Waals surface area contributed by atoms with Crippen LogP contribution in [0, 0.1) is 0 Å². The van der Waals surface area contributed by atoms with Gasteiger partial charge in [-0.1, -0.05) is 36.4 Å². The van der Waals surface area contributed by atoms with Crippen molar-refractivity contribution in [1.82, 2.24) is 14.4 Å². The van der Waals surface area contributed by atoms with Crippen LogP contribution in [0.3, 0.4) is 0 Å². The highest BCUT2D eigenvalue weighted by Gasteiger charge is 2.13. The van der Waals surface area contributed by atoms with E-state index >= 15 is 0 Å². The first-order valence-corrected chi connectivity index (χ1v) is 9.53. The van der Waals surface area contributed by atoms with Gasteiger partial charge >= 0.3 is 0 Å². The molecular formula is C21H16N4OS. The van der Waals surface area contributed by atoms with Crippen molar-refractivity contribution in [2.45, 2.75) is 6.42 Å². The van der Waals surface area contributed by atoms with E-state index in [1.807, 2.05) is 76.8 Å². The van der Waals surface area contributed by atoms with Crippen LogP contribution in [0.25, 0.3) is 27.1 Å². The summed E-state index contributed by atoms with van der Waals surface area (Å²) in [5.74, 6) is -0.0432. The normalized spacial score (nSPS) is 11.3. The average molecular weight is 372 g/mol. The van der Waals surface area contributed by atoms with Gasteiger partial charge in [0.15, 0.2) is 4.96 Å². The van der Waals surface area contributed by atoms with Gasteiger partial charge in [0.25, 0.3) is 0 Å². The molecule has 5 nitrogen and oxygen atoms in total. The summed E-state index contributed by atoms with van der Waals surface area (Å²) >= 11 is 1.55. The predicted molar refractivity (Wildman–Crippen MR) is 109 cm³/mol. The minimum Gasteiger partial charge on any atom is -0.361 e. The second-order valence-corrected chi connectivity index (χ2v) is 7.18. The number of carbonyl (C=O) groups is 1. The Balaban J connectivity index is 1.40. The van der Waals surface area contributed by atoms with Crippen molar-refractivity contribution in [3.63, 3.8) is 0 Å². The Kier molecular flexibility index (Phi) is 3.76. The van der Waals surface area contributed by atoms with Crippen molar-refractivity contribution in [3.8, 4) is 11.3 Å². The minimum absolute atomic E-state index is 0.0432. The Morgan fingerprint density at radius 2 is 2.00 bits per heavy atom. The maximum Gasteiger partial charge on any atom is 0.230 e. The fraction of sp³-hybridized carbons (Fsp3) is 0.0476. The molecule has 27 heavy (non-hydrogen) atoms. The van der Waals surface area contributed by atoms with Crippen LogP contribution in [0.2, 0.25) is 0 Å². The third kappa shape index (κ3) is 2.90. The Labute approximate surface area is 159 Å². The first kappa shape index (κ1) is 15.8. The van der Waals surface area contributed by atoms with Gasteiger partial charge in [-0.25, -0.2) is 4.98 Å². The van der Waals surface area contributed by atoms with E-state index in [0.717, 1.165) is 38.5 Å². The van der Waals surface area contributed by atoms with Gasteiger partial charge in [-0.05, 0) is 18.2 Å². The molecule has 3 aromatic heterocycles. The lowest BCUT2D eigenvalue weighted by atomic mass is 10.2. The molecular weight excluding hydrogens is 356 g/mol. The van der Waals surface area contributed by atoms with Gasteiger partial charge < -0.3 is 10.3 Å². The molecule has 2 N–H and O–H groups in total. The number of nitrogens with one attached hydrogen (secondary N) is 2. The highest BCUT2D eigenvalue weighted by atomic mass is 32.1. The van der Waals surface area contributed by atoms with Gasteiger partial charge in [-0.3, -0.25) is 9.20 Å². The summed E-state index contributed by atoms with van der Waals surface area (Å²) in [7, 11) is 0. The molecule has 0 aliphatic carbocycles. The molecule has 0 saturated heterocycles. The number of imidazole rings is 1. The van der Waals surface area contributed by atoms with Gasteiger partial charge in [0, 0.05) is 39.9 Å². The van der Waals surface area contributed by atoms with Crippen LogP contribution in [-0.4, -0.2) is 20.3 Å². The third-order valence-corrected chi connectivity index (χ3v) is 5.45. The number of aromatic nitrogens is 3. The highest BCUT2D eigenvalue weighted by Crippen LogP contribution is 2.25. The number of H-pyrrole nitrogens is 1. The smallest absolute Gasteiger partial charge is 0.230 e. The number of fused-ring (bicyclic) bond motifs is 2. The lowest BCUT2D eigenvalue weighted by Crippen LogP contribution is -2.15. The molecule has 0 saturated carbocycles. The van der Waals surface area contributed by atoms with Crippen molar-refractivity contribution in [2.75, 3.05) is 5.32 Å². The molecule has 132 valence electrons. The largest absolute Gasteiger partial charge is 0.361 e. The van der Waals surface area contributed by atoms with Crippen LogP contribution in [0.4, 0.5) is 5.69 Å². The van der Waals surface area contributed by atoms with Crippen molar-refractivity contribution in [3.05, 3.63) is 78.1 Å². The monoisotopic (exact) mass is 372 g/mol. The van der Waals surface area contributed by atoms with Gasteiger partial charge in [0.2, 0.25) is 5.91 Å². The summed E-state index contributed by atoms with van der Waals surface area (Å²) in [6.45, 7) is 0. The van der Waals surface area contributed by atoms with E-state index in [0.29, 0.717) is 6.42 Å². The number of amides is 1. The summed E-state index contributed by atoms with van der Waals surface area (Å²) in [6, 6.07) is 17.9. The number of rotatable bonds is 4. The van der Waals surface area contributed by atoms with E-state index in [2.05, 4.69) is 15.3 Å². The number of thiazole rings is 1. The summed E-state index contributed by atoms with van der Waals surface area (Å²) < 4.78 is 2.00. The molecule has 0 atom stereocenters. The Bertz CT molecular complexity index is 1250. The summed E-state index contributed by atoms with van der Waals surface area (Å²) in [5.41, 5.74) is 4.75. The van der Waals surface area contributed by atoms with E-state index in [-0.39, 0.29) is 5.91 Å². The van der Waals surface area contributed by atoms with Crippen LogP contribution in [0.1, 0.15) is 5.69 Å². The molecule has 3 heterocycles.